The van der Waals surface area contributed by atoms with Crippen LogP contribution in [0, 0.1) is 6.92 Å². The topological polar surface area (TPSA) is 120 Å². The number of primary sulfonamides is 1. The van der Waals surface area contributed by atoms with E-state index in [0.717, 1.165) is 6.07 Å². The Labute approximate surface area is 123 Å². The minimum atomic E-state index is -3.98. The fourth-order valence-corrected chi connectivity index (χ4v) is 4.05. The van der Waals surface area contributed by atoms with E-state index in [9.17, 15) is 16.8 Å². The molecule has 0 saturated carbocycles. The van der Waals surface area contributed by atoms with E-state index >= 15 is 0 Å². The molecular weight excluding hydrogens is 312 g/mol. The van der Waals surface area contributed by atoms with Gasteiger partial charge in [0.15, 0.2) is 0 Å². The number of nitrogen functional groups attached to an aromatic ring is 1. The third-order valence-corrected chi connectivity index (χ3v) is 5.75. The molecule has 0 heterocycles. The van der Waals surface area contributed by atoms with Crippen LogP contribution in [0.2, 0.25) is 0 Å². The number of benzene rings is 2. The Hall–Kier alpha value is -1.90. The predicted octanol–water partition coefficient (Wildman–Crippen LogP) is 1.06. The average Bonchev–Trinajstić information content (AvgIpc) is 2.37. The van der Waals surface area contributed by atoms with E-state index in [4.69, 9.17) is 10.9 Å². The highest BCUT2D eigenvalue weighted by atomic mass is 32.2. The summed E-state index contributed by atoms with van der Waals surface area (Å²) in [4.78, 5) is -0.368. The number of sulfonamides is 1. The Morgan fingerprint density at radius 2 is 1.57 bits per heavy atom. The zero-order chi connectivity index (χ0) is 15.8. The number of hydrogen-bond acceptors (Lipinski definition) is 5. The maximum absolute atomic E-state index is 12.6. The molecule has 6 nitrogen and oxygen atoms in total. The Balaban J connectivity index is 2.71. The van der Waals surface area contributed by atoms with E-state index in [1.807, 2.05) is 0 Å². The third-order valence-electron chi connectivity index (χ3n) is 2.95. The first-order valence-corrected chi connectivity index (χ1v) is 8.89. The van der Waals surface area contributed by atoms with E-state index in [0.29, 0.717) is 11.3 Å². The van der Waals surface area contributed by atoms with Crippen molar-refractivity contribution in [3.8, 4) is 0 Å². The van der Waals surface area contributed by atoms with Crippen LogP contribution in [0.3, 0.4) is 0 Å². The molecule has 0 saturated heterocycles. The molecule has 0 aliphatic rings. The molecule has 2 aromatic carbocycles. The average molecular weight is 326 g/mol. The van der Waals surface area contributed by atoms with Crippen molar-refractivity contribution in [1.82, 2.24) is 0 Å². The highest BCUT2D eigenvalue weighted by Crippen LogP contribution is 2.27. The Morgan fingerprint density at radius 3 is 2.14 bits per heavy atom. The van der Waals surface area contributed by atoms with Crippen LogP contribution in [0.5, 0.6) is 0 Å². The number of anilines is 1. The molecule has 0 atom stereocenters. The first-order valence-electron chi connectivity index (χ1n) is 5.86. The van der Waals surface area contributed by atoms with E-state index < -0.39 is 19.9 Å². The summed E-state index contributed by atoms with van der Waals surface area (Å²) in [6.07, 6.45) is 0. The van der Waals surface area contributed by atoms with Crippen LogP contribution in [0.4, 0.5) is 5.69 Å². The zero-order valence-electron chi connectivity index (χ0n) is 11.1. The van der Waals surface area contributed by atoms with Gasteiger partial charge < -0.3 is 5.73 Å². The van der Waals surface area contributed by atoms with Crippen molar-refractivity contribution in [2.24, 2.45) is 5.14 Å². The maximum atomic E-state index is 12.6. The summed E-state index contributed by atoms with van der Waals surface area (Å²) in [5, 5.41) is 5.04. The van der Waals surface area contributed by atoms with Gasteiger partial charge in [0.1, 0.15) is 0 Å². The smallest absolute Gasteiger partial charge is 0.238 e. The molecule has 0 aliphatic carbocycles. The van der Waals surface area contributed by atoms with Gasteiger partial charge in [-0.05, 0) is 42.8 Å². The number of sulfone groups is 1. The Bertz CT molecular complexity index is 904. The van der Waals surface area contributed by atoms with E-state index in [-0.39, 0.29) is 14.7 Å². The highest BCUT2D eigenvalue weighted by Gasteiger charge is 2.22. The Morgan fingerprint density at radius 1 is 0.905 bits per heavy atom. The van der Waals surface area contributed by atoms with Crippen LogP contribution < -0.4 is 10.9 Å². The number of rotatable bonds is 3. The molecule has 2 aromatic rings. The first-order chi connectivity index (χ1) is 9.62. The van der Waals surface area contributed by atoms with Gasteiger partial charge in [0.25, 0.3) is 0 Å². The lowest BCUT2D eigenvalue weighted by Gasteiger charge is -2.10. The molecule has 0 amide bonds. The molecule has 0 spiro atoms. The number of aryl methyl sites for hydroxylation is 1. The summed E-state index contributed by atoms with van der Waals surface area (Å²) in [7, 11) is -7.86. The van der Waals surface area contributed by atoms with Crippen LogP contribution in [0.25, 0.3) is 0 Å². The van der Waals surface area contributed by atoms with Crippen LogP contribution in [0.15, 0.2) is 57.2 Å². The molecule has 8 heteroatoms. The number of hydrogen-bond donors (Lipinski definition) is 2. The Kier molecular flexibility index (Phi) is 3.79. The lowest BCUT2D eigenvalue weighted by atomic mass is 10.2. The second kappa shape index (κ2) is 5.14. The standard InChI is InChI=1S/C13H14N2O4S2/c1-9-5-6-12(21(15,18)19)8-13(9)20(16,17)11-4-2-3-10(14)7-11/h2-8H,14H2,1H3,(H2,15,18,19). The molecule has 0 unspecified atom stereocenters. The summed E-state index contributed by atoms with van der Waals surface area (Å²) in [5.74, 6) is 0. The van der Waals surface area contributed by atoms with Crippen molar-refractivity contribution in [1.29, 1.82) is 0 Å². The minimum Gasteiger partial charge on any atom is -0.399 e. The molecule has 4 N–H and O–H groups in total. The van der Waals surface area contributed by atoms with E-state index in [2.05, 4.69) is 0 Å². The normalized spacial score (nSPS) is 12.3. The third kappa shape index (κ3) is 3.07. The molecule has 0 fully saturated rings. The molecule has 0 aliphatic heterocycles. The van der Waals surface area contributed by atoms with Gasteiger partial charge in [-0.15, -0.1) is 0 Å². The van der Waals surface area contributed by atoms with Crippen LogP contribution >= 0.6 is 0 Å². The quantitative estimate of drug-likeness (QED) is 0.817. The molecular formula is C13H14N2O4S2. The monoisotopic (exact) mass is 326 g/mol. The predicted molar refractivity (Wildman–Crippen MR) is 78.9 cm³/mol. The van der Waals surface area contributed by atoms with Gasteiger partial charge in [-0.3, -0.25) is 0 Å². The summed E-state index contributed by atoms with van der Waals surface area (Å²) >= 11 is 0. The highest BCUT2D eigenvalue weighted by molar-refractivity contribution is 7.91. The molecule has 0 aromatic heterocycles. The van der Waals surface area contributed by atoms with Crippen LogP contribution in [0.1, 0.15) is 5.56 Å². The second-order valence-corrected chi connectivity index (χ2v) is 8.03. The van der Waals surface area contributed by atoms with Gasteiger partial charge in [0, 0.05) is 5.69 Å². The van der Waals surface area contributed by atoms with Gasteiger partial charge >= 0.3 is 0 Å². The fraction of sp³-hybridized carbons (Fsp3) is 0.0769. The summed E-state index contributed by atoms with van der Waals surface area (Å²) in [6.45, 7) is 1.58. The molecule has 0 bridgehead atoms. The van der Waals surface area contributed by atoms with Crippen molar-refractivity contribution in [2.75, 3.05) is 5.73 Å². The molecule has 112 valence electrons. The first kappa shape index (κ1) is 15.5. The largest absolute Gasteiger partial charge is 0.399 e. The van der Waals surface area contributed by atoms with E-state index in [1.54, 1.807) is 13.0 Å². The SMILES string of the molecule is Cc1ccc(S(N)(=O)=O)cc1S(=O)(=O)c1cccc(N)c1. The summed E-state index contributed by atoms with van der Waals surface area (Å²) in [5.41, 5.74) is 6.31. The molecule has 21 heavy (non-hydrogen) atoms. The lowest BCUT2D eigenvalue weighted by Crippen LogP contribution is -2.14. The van der Waals surface area contributed by atoms with Crippen molar-refractivity contribution in [3.63, 3.8) is 0 Å². The van der Waals surface area contributed by atoms with E-state index in [1.165, 1.54) is 30.3 Å². The van der Waals surface area contributed by atoms with Gasteiger partial charge in [0.05, 0.1) is 14.7 Å². The second-order valence-electron chi connectivity index (χ2n) is 4.55. The van der Waals surface area contributed by atoms with Crippen LogP contribution in [-0.2, 0) is 19.9 Å². The summed E-state index contributed by atoms with van der Waals surface area (Å²) in [6, 6.07) is 9.52. The lowest BCUT2D eigenvalue weighted by molar-refractivity contribution is 0.594. The van der Waals surface area contributed by atoms with Crippen molar-refractivity contribution in [2.45, 2.75) is 21.6 Å². The fourth-order valence-electron chi connectivity index (χ4n) is 1.86. The van der Waals surface area contributed by atoms with Crippen molar-refractivity contribution >= 4 is 25.5 Å². The van der Waals surface area contributed by atoms with Crippen molar-refractivity contribution < 1.29 is 16.8 Å². The van der Waals surface area contributed by atoms with Gasteiger partial charge in [-0.25, -0.2) is 22.0 Å². The van der Waals surface area contributed by atoms with Gasteiger partial charge in [-0.1, -0.05) is 12.1 Å². The van der Waals surface area contributed by atoms with Crippen molar-refractivity contribution in [3.05, 3.63) is 48.0 Å². The van der Waals surface area contributed by atoms with Gasteiger partial charge in [0.2, 0.25) is 19.9 Å². The minimum absolute atomic E-state index is 0.00262. The number of nitrogens with two attached hydrogens (primary N) is 2. The van der Waals surface area contributed by atoms with Gasteiger partial charge in [-0.2, -0.15) is 0 Å². The molecule has 0 radical (unpaired) electrons. The summed E-state index contributed by atoms with van der Waals surface area (Å²) < 4.78 is 47.9. The molecule has 2 rings (SSSR count). The van der Waals surface area contributed by atoms with Crippen LogP contribution in [-0.4, -0.2) is 16.8 Å². The zero-order valence-corrected chi connectivity index (χ0v) is 12.8. The maximum Gasteiger partial charge on any atom is 0.238 e.